The minimum atomic E-state index is 0.915. The Bertz CT molecular complexity index is 623. The number of rotatable bonds is 2. The highest BCUT2D eigenvalue weighted by molar-refractivity contribution is 7.10. The molecule has 0 aliphatic carbocycles. The van der Waals surface area contributed by atoms with Crippen LogP contribution in [-0.4, -0.2) is 15.0 Å². The Morgan fingerprint density at radius 2 is 2.06 bits per heavy atom. The predicted octanol–water partition coefficient (Wildman–Crippen LogP) is 3.12. The fourth-order valence-corrected chi connectivity index (χ4v) is 2.14. The van der Waals surface area contributed by atoms with Crippen molar-refractivity contribution in [3.63, 3.8) is 0 Å². The van der Waals surface area contributed by atoms with E-state index in [2.05, 4.69) is 21.8 Å². The summed E-state index contributed by atoms with van der Waals surface area (Å²) in [5.74, 6) is 0. The summed E-state index contributed by atoms with van der Waals surface area (Å²) in [4.78, 5) is 1.21. The second-order valence-corrected chi connectivity index (χ2v) is 4.33. The zero-order valence-electron chi connectivity index (χ0n) is 8.45. The van der Waals surface area contributed by atoms with Crippen LogP contribution in [0.2, 0.25) is 0 Å². The van der Waals surface area contributed by atoms with Crippen LogP contribution >= 0.6 is 11.3 Å². The minimum absolute atomic E-state index is 0.915. The molecular formula is C12H9N3S. The van der Waals surface area contributed by atoms with E-state index < -0.39 is 0 Å². The summed E-state index contributed by atoms with van der Waals surface area (Å²) in [7, 11) is 0. The second-order valence-electron chi connectivity index (χ2n) is 3.35. The van der Waals surface area contributed by atoms with Crippen LogP contribution in [0.5, 0.6) is 0 Å². The predicted molar refractivity (Wildman–Crippen MR) is 67.1 cm³/mol. The third-order valence-corrected chi connectivity index (χ3v) is 3.14. The first-order valence-electron chi connectivity index (χ1n) is 4.95. The van der Waals surface area contributed by atoms with Gasteiger partial charge in [-0.05, 0) is 29.7 Å². The van der Waals surface area contributed by atoms with E-state index in [0.29, 0.717) is 0 Å². The fraction of sp³-hybridized carbons (Fsp3) is 0. The molecule has 2 heterocycles. The van der Waals surface area contributed by atoms with E-state index in [9.17, 15) is 0 Å². The van der Waals surface area contributed by atoms with E-state index in [0.717, 1.165) is 11.0 Å². The van der Waals surface area contributed by atoms with Gasteiger partial charge < -0.3 is 0 Å². The van der Waals surface area contributed by atoms with Crippen molar-refractivity contribution >= 4 is 34.6 Å². The van der Waals surface area contributed by atoms with Crippen molar-refractivity contribution in [3.8, 4) is 0 Å². The van der Waals surface area contributed by atoms with Gasteiger partial charge in [0.15, 0.2) is 0 Å². The standard InChI is InChI=1S/C12H9N3S/c1-2-6-12-11(5-1)13-14-15(12)8-7-10-4-3-9-16-10/h1-9H/b8-7+. The fourth-order valence-electron chi connectivity index (χ4n) is 1.53. The molecule has 0 spiro atoms. The molecule has 0 bridgehead atoms. The molecule has 0 saturated heterocycles. The molecule has 3 aromatic rings. The highest BCUT2D eigenvalue weighted by atomic mass is 32.1. The summed E-state index contributed by atoms with van der Waals surface area (Å²) < 4.78 is 1.79. The first kappa shape index (κ1) is 9.30. The topological polar surface area (TPSA) is 30.7 Å². The van der Waals surface area contributed by atoms with Crippen molar-refractivity contribution in [2.45, 2.75) is 0 Å². The molecular weight excluding hydrogens is 218 g/mol. The SMILES string of the molecule is C(=C\n1nnc2ccccc21)/c1cccs1. The van der Waals surface area contributed by atoms with Gasteiger partial charge in [-0.3, -0.25) is 0 Å². The Morgan fingerprint density at radius 1 is 1.12 bits per heavy atom. The van der Waals surface area contributed by atoms with Gasteiger partial charge in [0.2, 0.25) is 0 Å². The van der Waals surface area contributed by atoms with E-state index >= 15 is 0 Å². The smallest absolute Gasteiger partial charge is 0.113 e. The number of nitrogens with zero attached hydrogens (tertiary/aromatic N) is 3. The molecule has 0 saturated carbocycles. The average Bonchev–Trinajstić information content (AvgIpc) is 2.96. The normalized spacial score (nSPS) is 11.5. The van der Waals surface area contributed by atoms with E-state index in [-0.39, 0.29) is 0 Å². The van der Waals surface area contributed by atoms with Crippen LogP contribution in [0.1, 0.15) is 4.88 Å². The lowest BCUT2D eigenvalue weighted by molar-refractivity contribution is 0.863. The number of hydrogen-bond donors (Lipinski definition) is 0. The van der Waals surface area contributed by atoms with Crippen molar-refractivity contribution < 1.29 is 0 Å². The average molecular weight is 227 g/mol. The molecule has 0 N–H and O–H groups in total. The van der Waals surface area contributed by atoms with Crippen molar-refractivity contribution in [3.05, 3.63) is 46.7 Å². The third-order valence-electron chi connectivity index (χ3n) is 2.30. The van der Waals surface area contributed by atoms with E-state index in [4.69, 9.17) is 0 Å². The Kier molecular flexibility index (Phi) is 2.27. The summed E-state index contributed by atoms with van der Waals surface area (Å²) in [6.45, 7) is 0. The lowest BCUT2D eigenvalue weighted by atomic mass is 10.3. The van der Waals surface area contributed by atoms with Crippen LogP contribution in [-0.2, 0) is 0 Å². The Labute approximate surface area is 96.6 Å². The Balaban J connectivity index is 2.01. The first-order valence-corrected chi connectivity index (χ1v) is 5.83. The minimum Gasteiger partial charge on any atom is -0.220 e. The molecule has 2 aromatic heterocycles. The van der Waals surface area contributed by atoms with Crippen LogP contribution in [0.25, 0.3) is 23.3 Å². The van der Waals surface area contributed by atoms with Gasteiger partial charge in [-0.1, -0.05) is 23.4 Å². The van der Waals surface area contributed by atoms with Crippen molar-refractivity contribution in [1.29, 1.82) is 0 Å². The van der Waals surface area contributed by atoms with Gasteiger partial charge in [0.1, 0.15) is 5.52 Å². The quantitative estimate of drug-likeness (QED) is 0.673. The van der Waals surface area contributed by atoms with E-state index in [1.54, 1.807) is 16.0 Å². The lowest BCUT2D eigenvalue weighted by Crippen LogP contribution is -1.87. The summed E-state index contributed by atoms with van der Waals surface area (Å²) in [6, 6.07) is 12.0. The molecule has 0 fully saturated rings. The molecule has 3 rings (SSSR count). The summed E-state index contributed by atoms with van der Waals surface area (Å²) >= 11 is 1.70. The summed E-state index contributed by atoms with van der Waals surface area (Å²) in [6.07, 6.45) is 3.97. The lowest BCUT2D eigenvalue weighted by Gasteiger charge is -1.92. The molecule has 1 aromatic carbocycles. The maximum Gasteiger partial charge on any atom is 0.113 e. The Hall–Kier alpha value is -1.94. The monoisotopic (exact) mass is 227 g/mol. The highest BCUT2D eigenvalue weighted by Crippen LogP contribution is 2.13. The Morgan fingerprint density at radius 3 is 2.94 bits per heavy atom. The molecule has 0 unspecified atom stereocenters. The molecule has 0 aliphatic rings. The van der Waals surface area contributed by atoms with E-state index in [1.807, 2.05) is 42.6 Å². The summed E-state index contributed by atoms with van der Waals surface area (Å²) in [5.41, 5.74) is 1.94. The number of fused-ring (bicyclic) bond motifs is 1. The molecule has 0 radical (unpaired) electrons. The maximum absolute atomic E-state index is 4.08. The highest BCUT2D eigenvalue weighted by Gasteiger charge is 1.99. The number of para-hydroxylation sites is 1. The van der Waals surface area contributed by atoms with Crippen molar-refractivity contribution in [1.82, 2.24) is 15.0 Å². The molecule has 0 atom stereocenters. The van der Waals surface area contributed by atoms with Crippen LogP contribution in [0, 0.1) is 0 Å². The largest absolute Gasteiger partial charge is 0.220 e. The zero-order valence-corrected chi connectivity index (χ0v) is 9.26. The third kappa shape index (κ3) is 1.63. The number of benzene rings is 1. The van der Waals surface area contributed by atoms with Gasteiger partial charge >= 0.3 is 0 Å². The number of aromatic nitrogens is 3. The second kappa shape index (κ2) is 3.90. The van der Waals surface area contributed by atoms with Crippen molar-refractivity contribution in [2.75, 3.05) is 0 Å². The van der Waals surface area contributed by atoms with Crippen LogP contribution in [0.3, 0.4) is 0 Å². The van der Waals surface area contributed by atoms with Crippen molar-refractivity contribution in [2.24, 2.45) is 0 Å². The molecule has 0 amide bonds. The number of hydrogen-bond acceptors (Lipinski definition) is 3. The zero-order chi connectivity index (χ0) is 10.8. The molecule has 4 heteroatoms. The molecule has 78 valence electrons. The van der Waals surface area contributed by atoms with Gasteiger partial charge in [0, 0.05) is 11.1 Å². The molecule has 0 aliphatic heterocycles. The van der Waals surface area contributed by atoms with Gasteiger partial charge in [-0.25, -0.2) is 4.68 Å². The molecule has 16 heavy (non-hydrogen) atoms. The summed E-state index contributed by atoms with van der Waals surface area (Å²) in [5, 5.41) is 10.2. The van der Waals surface area contributed by atoms with Gasteiger partial charge in [0.05, 0.1) is 5.52 Å². The molecule has 3 nitrogen and oxygen atoms in total. The number of thiophene rings is 1. The van der Waals surface area contributed by atoms with Crippen LogP contribution < -0.4 is 0 Å². The van der Waals surface area contributed by atoms with Gasteiger partial charge in [-0.2, -0.15) is 0 Å². The van der Waals surface area contributed by atoms with Crippen LogP contribution in [0.15, 0.2) is 41.8 Å². The van der Waals surface area contributed by atoms with E-state index in [1.165, 1.54) is 4.88 Å². The van der Waals surface area contributed by atoms with Gasteiger partial charge in [0.25, 0.3) is 0 Å². The van der Waals surface area contributed by atoms with Gasteiger partial charge in [-0.15, -0.1) is 16.4 Å². The first-order chi connectivity index (χ1) is 7.93. The maximum atomic E-state index is 4.08. The van der Waals surface area contributed by atoms with Crippen LogP contribution in [0.4, 0.5) is 0 Å².